The number of hydrogen-bond donors (Lipinski definition) is 0. The van der Waals surface area contributed by atoms with Gasteiger partial charge < -0.3 is 9.64 Å². The van der Waals surface area contributed by atoms with Crippen molar-refractivity contribution >= 4 is 16.9 Å². The van der Waals surface area contributed by atoms with E-state index in [4.69, 9.17) is 4.74 Å². The number of aromatic nitrogens is 1. The summed E-state index contributed by atoms with van der Waals surface area (Å²) in [4.78, 5) is 18.1. The second-order valence-electron chi connectivity index (χ2n) is 7.12. The molecule has 6 heteroatoms. The summed E-state index contributed by atoms with van der Waals surface area (Å²) < 4.78 is 17.9. The minimum Gasteiger partial charge on any atom is -0.444 e. The number of aryl methyl sites for hydroxylation is 1. The zero-order chi connectivity index (χ0) is 17.0. The minimum absolute atomic E-state index is 0.222. The van der Waals surface area contributed by atoms with Crippen LogP contribution in [0.3, 0.4) is 0 Å². The van der Waals surface area contributed by atoms with Crippen LogP contribution >= 0.6 is 0 Å². The first-order chi connectivity index (χ1) is 10.7. The first-order valence-corrected chi connectivity index (χ1v) is 9.35. The molecule has 2 atom stereocenters. The topological polar surface area (TPSA) is 59.5 Å². The van der Waals surface area contributed by atoms with Crippen LogP contribution in [0.1, 0.15) is 39.2 Å². The summed E-state index contributed by atoms with van der Waals surface area (Å²) in [5, 5.41) is 0.624. The molecule has 1 aromatic heterocycles. The molecule has 1 aliphatic heterocycles. The lowest BCUT2D eigenvalue weighted by Crippen LogP contribution is -2.44. The molecular weight excluding hydrogens is 312 g/mol. The van der Waals surface area contributed by atoms with Gasteiger partial charge in [-0.3, -0.25) is 4.21 Å². The maximum absolute atomic E-state index is 12.5. The van der Waals surface area contributed by atoms with Gasteiger partial charge in [-0.05, 0) is 64.2 Å². The predicted octanol–water partition coefficient (Wildman–Crippen LogP) is 3.14. The van der Waals surface area contributed by atoms with Gasteiger partial charge in [0.1, 0.15) is 10.6 Å². The highest BCUT2D eigenvalue weighted by Gasteiger charge is 2.28. The average Bonchev–Trinajstić information content (AvgIpc) is 2.45. The third-order valence-corrected chi connectivity index (χ3v) is 5.15. The van der Waals surface area contributed by atoms with Crippen molar-refractivity contribution in [1.82, 2.24) is 9.88 Å². The summed E-state index contributed by atoms with van der Waals surface area (Å²) in [7, 11) is -1.13. The maximum atomic E-state index is 12.5. The van der Waals surface area contributed by atoms with Crippen LogP contribution in [0.15, 0.2) is 23.4 Å². The number of nitrogens with zero attached hydrogens (tertiary/aromatic N) is 2. The molecule has 0 bridgehead atoms. The van der Waals surface area contributed by atoms with Crippen molar-refractivity contribution in [2.45, 2.75) is 51.2 Å². The van der Waals surface area contributed by atoms with Crippen molar-refractivity contribution in [3.63, 3.8) is 0 Å². The Balaban J connectivity index is 1.93. The summed E-state index contributed by atoms with van der Waals surface area (Å²) in [5.41, 5.74) is 0.570. The van der Waals surface area contributed by atoms with Crippen LogP contribution in [0, 0.1) is 12.8 Å². The molecule has 1 aromatic rings. The smallest absolute Gasteiger partial charge is 0.410 e. The molecule has 0 saturated carbocycles. The van der Waals surface area contributed by atoms with Crippen molar-refractivity contribution in [2.24, 2.45) is 5.92 Å². The molecule has 1 fully saturated rings. The Morgan fingerprint density at radius 3 is 2.87 bits per heavy atom. The molecule has 0 aromatic carbocycles. The second kappa shape index (κ2) is 7.43. The summed E-state index contributed by atoms with van der Waals surface area (Å²) >= 11 is 0. The number of piperidine rings is 1. The Morgan fingerprint density at radius 2 is 2.22 bits per heavy atom. The highest BCUT2D eigenvalue weighted by Crippen LogP contribution is 2.21. The number of hydrogen-bond acceptors (Lipinski definition) is 4. The Morgan fingerprint density at radius 1 is 1.48 bits per heavy atom. The second-order valence-corrected chi connectivity index (χ2v) is 8.56. The van der Waals surface area contributed by atoms with Crippen LogP contribution in [-0.4, -0.2) is 44.6 Å². The number of carbonyl (C=O) groups is 1. The number of amides is 1. The molecule has 2 heterocycles. The van der Waals surface area contributed by atoms with E-state index in [-0.39, 0.29) is 12.0 Å². The van der Waals surface area contributed by atoms with E-state index < -0.39 is 16.4 Å². The van der Waals surface area contributed by atoms with Crippen molar-refractivity contribution < 1.29 is 13.7 Å². The van der Waals surface area contributed by atoms with Crippen molar-refractivity contribution in [3.05, 3.63) is 23.9 Å². The van der Waals surface area contributed by atoms with Crippen LogP contribution in [-0.2, 0) is 15.5 Å². The van der Waals surface area contributed by atoms with Crippen molar-refractivity contribution in [1.29, 1.82) is 0 Å². The normalized spacial score (nSPS) is 20.2. The number of pyridine rings is 1. The van der Waals surface area contributed by atoms with Gasteiger partial charge >= 0.3 is 6.09 Å². The zero-order valence-electron chi connectivity index (χ0n) is 14.4. The fourth-order valence-electron chi connectivity index (χ4n) is 2.63. The third-order valence-electron chi connectivity index (χ3n) is 3.68. The largest absolute Gasteiger partial charge is 0.444 e. The van der Waals surface area contributed by atoms with E-state index in [0.29, 0.717) is 23.9 Å². The molecule has 0 spiro atoms. The van der Waals surface area contributed by atoms with Gasteiger partial charge in [0.15, 0.2) is 0 Å². The summed E-state index contributed by atoms with van der Waals surface area (Å²) in [6, 6.07) is 3.76. The Hall–Kier alpha value is -1.43. The van der Waals surface area contributed by atoms with E-state index in [1.54, 1.807) is 11.1 Å². The molecule has 128 valence electrons. The molecule has 0 radical (unpaired) electrons. The van der Waals surface area contributed by atoms with Gasteiger partial charge in [0, 0.05) is 25.0 Å². The average molecular weight is 338 g/mol. The van der Waals surface area contributed by atoms with E-state index in [1.165, 1.54) is 0 Å². The monoisotopic (exact) mass is 338 g/mol. The Kier molecular flexibility index (Phi) is 5.79. The van der Waals surface area contributed by atoms with Gasteiger partial charge in [-0.25, -0.2) is 9.78 Å². The van der Waals surface area contributed by atoms with Crippen LogP contribution in [0.25, 0.3) is 0 Å². The zero-order valence-corrected chi connectivity index (χ0v) is 15.2. The lowest BCUT2D eigenvalue weighted by molar-refractivity contribution is 0.0176. The van der Waals surface area contributed by atoms with E-state index in [0.717, 1.165) is 18.4 Å². The standard InChI is InChI=1S/C17H26N2O3S/c1-13-7-8-18-15(10-13)23(21)12-14-6-5-9-19(11-14)16(20)22-17(2,3)4/h7-8,10,14H,5-6,9,11-12H2,1-4H3. The summed E-state index contributed by atoms with van der Waals surface area (Å²) in [6.45, 7) is 8.88. The third kappa shape index (κ3) is 5.61. The van der Waals surface area contributed by atoms with E-state index in [9.17, 15) is 9.00 Å². The highest BCUT2D eigenvalue weighted by molar-refractivity contribution is 7.84. The van der Waals surface area contributed by atoms with Gasteiger partial charge in [0.25, 0.3) is 0 Å². The van der Waals surface area contributed by atoms with E-state index in [1.807, 2.05) is 39.8 Å². The quantitative estimate of drug-likeness (QED) is 0.849. The number of carbonyl (C=O) groups excluding carboxylic acids is 1. The summed E-state index contributed by atoms with van der Waals surface area (Å²) in [6.07, 6.45) is 3.32. The molecule has 1 amide bonds. The Bertz CT molecular complexity index is 583. The molecule has 23 heavy (non-hydrogen) atoms. The van der Waals surface area contributed by atoms with Gasteiger partial charge in [-0.15, -0.1) is 0 Å². The number of ether oxygens (including phenoxy) is 1. The molecule has 0 aliphatic carbocycles. The number of rotatable bonds is 3. The molecular formula is C17H26N2O3S. The lowest BCUT2D eigenvalue weighted by Gasteiger charge is -2.33. The lowest BCUT2D eigenvalue weighted by atomic mass is 10.0. The van der Waals surface area contributed by atoms with Gasteiger partial charge in [0.2, 0.25) is 0 Å². The van der Waals surface area contributed by atoms with Gasteiger partial charge in [-0.1, -0.05) is 0 Å². The minimum atomic E-state index is -1.13. The molecule has 2 rings (SSSR count). The summed E-state index contributed by atoms with van der Waals surface area (Å²) in [5.74, 6) is 0.759. The molecule has 1 saturated heterocycles. The first kappa shape index (κ1) is 17.9. The first-order valence-electron chi connectivity index (χ1n) is 8.03. The number of likely N-dealkylation sites (tertiary alicyclic amines) is 1. The van der Waals surface area contributed by atoms with Gasteiger partial charge in [-0.2, -0.15) is 0 Å². The van der Waals surface area contributed by atoms with Crippen LogP contribution in [0.4, 0.5) is 4.79 Å². The van der Waals surface area contributed by atoms with Crippen LogP contribution < -0.4 is 0 Å². The van der Waals surface area contributed by atoms with E-state index in [2.05, 4.69) is 4.98 Å². The molecule has 5 nitrogen and oxygen atoms in total. The van der Waals surface area contributed by atoms with E-state index >= 15 is 0 Å². The van der Waals surface area contributed by atoms with Crippen molar-refractivity contribution in [2.75, 3.05) is 18.8 Å². The van der Waals surface area contributed by atoms with Crippen molar-refractivity contribution in [3.8, 4) is 0 Å². The van der Waals surface area contributed by atoms with Gasteiger partial charge in [0.05, 0.1) is 10.8 Å². The van der Waals surface area contributed by atoms with Crippen LogP contribution in [0.2, 0.25) is 0 Å². The Labute approximate surface area is 140 Å². The highest BCUT2D eigenvalue weighted by atomic mass is 32.2. The fourth-order valence-corrected chi connectivity index (χ4v) is 3.99. The fraction of sp³-hybridized carbons (Fsp3) is 0.647. The molecule has 2 unspecified atom stereocenters. The molecule has 1 aliphatic rings. The SMILES string of the molecule is Cc1ccnc(S(=O)CC2CCCN(C(=O)OC(C)(C)C)C2)c1. The van der Waals surface area contributed by atoms with Crippen LogP contribution in [0.5, 0.6) is 0 Å². The predicted molar refractivity (Wildman–Crippen MR) is 90.8 cm³/mol. The molecule has 0 N–H and O–H groups in total. The maximum Gasteiger partial charge on any atom is 0.410 e.